The third-order valence-corrected chi connectivity index (χ3v) is 2.15. The van der Waals surface area contributed by atoms with Crippen LogP contribution in [-0.2, 0) is 5.72 Å². The van der Waals surface area contributed by atoms with E-state index in [0.717, 1.165) is 11.1 Å². The second kappa shape index (κ2) is 2.44. The molecule has 0 heterocycles. The number of hydrogen-bond donors (Lipinski definition) is 2. The summed E-state index contributed by atoms with van der Waals surface area (Å²) in [6.45, 7) is 0. The maximum atomic E-state index is 9.75. The number of fused-ring (bicyclic) bond motifs is 1. The molecule has 2 nitrogen and oxygen atoms in total. The molecule has 2 heteroatoms. The van der Waals surface area contributed by atoms with Crippen LogP contribution in [-0.4, -0.2) is 5.11 Å². The van der Waals surface area contributed by atoms with Crippen LogP contribution in [0.3, 0.4) is 0 Å². The zero-order valence-corrected chi connectivity index (χ0v) is 6.70. The van der Waals surface area contributed by atoms with E-state index in [-0.39, 0.29) is 0 Å². The van der Waals surface area contributed by atoms with Crippen molar-refractivity contribution in [1.29, 1.82) is 0 Å². The van der Waals surface area contributed by atoms with Crippen LogP contribution < -0.4 is 5.73 Å². The third kappa shape index (κ3) is 1.05. The number of nitrogens with two attached hydrogens (primary N) is 1. The first kappa shape index (κ1) is 7.53. The van der Waals surface area contributed by atoms with Gasteiger partial charge in [0.25, 0.3) is 0 Å². The Bertz CT molecular complexity index is 328. The SMILES string of the molecule is N[C@]1(O)CC=Cc2ccccc21. The van der Waals surface area contributed by atoms with Gasteiger partial charge in [-0.1, -0.05) is 36.4 Å². The molecule has 3 N–H and O–H groups in total. The van der Waals surface area contributed by atoms with E-state index in [1.165, 1.54) is 0 Å². The Kier molecular flexibility index (Phi) is 1.53. The monoisotopic (exact) mass is 161 g/mol. The van der Waals surface area contributed by atoms with Gasteiger partial charge >= 0.3 is 0 Å². The van der Waals surface area contributed by atoms with Gasteiger partial charge in [-0.15, -0.1) is 0 Å². The molecule has 0 saturated heterocycles. The summed E-state index contributed by atoms with van der Waals surface area (Å²) < 4.78 is 0. The largest absolute Gasteiger partial charge is 0.371 e. The van der Waals surface area contributed by atoms with E-state index in [1.807, 2.05) is 36.4 Å². The molecule has 1 aliphatic carbocycles. The first-order valence-corrected chi connectivity index (χ1v) is 3.97. The summed E-state index contributed by atoms with van der Waals surface area (Å²) in [6.07, 6.45) is 4.36. The lowest BCUT2D eigenvalue weighted by Gasteiger charge is -2.26. The Morgan fingerprint density at radius 3 is 2.83 bits per heavy atom. The molecule has 0 aromatic heterocycles. The Labute approximate surface area is 71.3 Å². The molecule has 1 aliphatic rings. The van der Waals surface area contributed by atoms with Crippen LogP contribution in [0.15, 0.2) is 30.3 Å². The topological polar surface area (TPSA) is 46.2 Å². The minimum absolute atomic E-state index is 0.490. The molecule has 62 valence electrons. The van der Waals surface area contributed by atoms with E-state index >= 15 is 0 Å². The van der Waals surface area contributed by atoms with Crippen LogP contribution in [0.2, 0.25) is 0 Å². The van der Waals surface area contributed by atoms with Gasteiger partial charge in [0.1, 0.15) is 5.72 Å². The summed E-state index contributed by atoms with van der Waals surface area (Å²) >= 11 is 0. The maximum Gasteiger partial charge on any atom is 0.143 e. The highest BCUT2D eigenvalue weighted by atomic mass is 16.3. The van der Waals surface area contributed by atoms with E-state index in [2.05, 4.69) is 0 Å². The van der Waals surface area contributed by atoms with Crippen molar-refractivity contribution in [2.75, 3.05) is 0 Å². The smallest absolute Gasteiger partial charge is 0.143 e. The average Bonchev–Trinajstić information content (AvgIpc) is 2.04. The third-order valence-electron chi connectivity index (χ3n) is 2.15. The summed E-state index contributed by atoms with van der Waals surface area (Å²) in [6, 6.07) is 7.63. The number of rotatable bonds is 0. The zero-order valence-electron chi connectivity index (χ0n) is 6.70. The first-order valence-electron chi connectivity index (χ1n) is 3.97. The fraction of sp³-hybridized carbons (Fsp3) is 0.200. The van der Waals surface area contributed by atoms with Crippen LogP contribution in [0.4, 0.5) is 0 Å². The van der Waals surface area contributed by atoms with E-state index in [0.29, 0.717) is 6.42 Å². The number of benzene rings is 1. The quantitative estimate of drug-likeness (QED) is 0.562. The molecule has 0 amide bonds. The molecule has 1 atom stereocenters. The van der Waals surface area contributed by atoms with Gasteiger partial charge in [0.05, 0.1) is 0 Å². The highest BCUT2D eigenvalue weighted by Gasteiger charge is 2.26. The lowest BCUT2D eigenvalue weighted by molar-refractivity contribution is 0.0455. The van der Waals surface area contributed by atoms with Crippen LogP contribution in [0.25, 0.3) is 6.08 Å². The van der Waals surface area contributed by atoms with Gasteiger partial charge in [-0.05, 0) is 5.56 Å². The average molecular weight is 161 g/mol. The lowest BCUT2D eigenvalue weighted by atomic mass is 9.90. The van der Waals surface area contributed by atoms with Crippen molar-refractivity contribution in [3.05, 3.63) is 41.5 Å². The van der Waals surface area contributed by atoms with Gasteiger partial charge in [-0.25, -0.2) is 0 Å². The van der Waals surface area contributed by atoms with Gasteiger partial charge in [0, 0.05) is 12.0 Å². The highest BCUT2D eigenvalue weighted by Crippen LogP contribution is 2.28. The van der Waals surface area contributed by atoms with E-state index in [1.54, 1.807) is 0 Å². The Balaban J connectivity index is 2.60. The van der Waals surface area contributed by atoms with Crippen molar-refractivity contribution >= 4 is 6.08 Å². The van der Waals surface area contributed by atoms with Crippen LogP contribution in [0.5, 0.6) is 0 Å². The molecule has 1 aromatic rings. The Morgan fingerprint density at radius 2 is 2.08 bits per heavy atom. The second-order valence-corrected chi connectivity index (χ2v) is 3.12. The lowest BCUT2D eigenvalue weighted by Crippen LogP contribution is -2.37. The van der Waals surface area contributed by atoms with Gasteiger partial charge in [0.2, 0.25) is 0 Å². The molecule has 0 unspecified atom stereocenters. The summed E-state index contributed by atoms with van der Waals surface area (Å²) in [7, 11) is 0. The molecule has 1 aromatic carbocycles. The van der Waals surface area contributed by atoms with E-state index < -0.39 is 5.72 Å². The van der Waals surface area contributed by atoms with Gasteiger partial charge in [0.15, 0.2) is 0 Å². The molecule has 0 radical (unpaired) electrons. The molecular formula is C10H11NO. The summed E-state index contributed by atoms with van der Waals surface area (Å²) in [4.78, 5) is 0. The Hall–Kier alpha value is -1.12. The standard InChI is InChI=1S/C10H11NO/c11-10(12)7-3-5-8-4-1-2-6-9(8)10/h1-6,12H,7,11H2/t10-/m0/s1. The van der Waals surface area contributed by atoms with Crippen molar-refractivity contribution < 1.29 is 5.11 Å². The van der Waals surface area contributed by atoms with Crippen LogP contribution in [0, 0.1) is 0 Å². The minimum atomic E-state index is -1.18. The van der Waals surface area contributed by atoms with Crippen molar-refractivity contribution in [1.82, 2.24) is 0 Å². The molecule has 0 spiro atoms. The molecule has 2 rings (SSSR count). The summed E-state index contributed by atoms with van der Waals surface area (Å²) in [5, 5.41) is 9.75. The van der Waals surface area contributed by atoms with Crippen molar-refractivity contribution in [2.24, 2.45) is 5.73 Å². The van der Waals surface area contributed by atoms with Crippen molar-refractivity contribution in [3.63, 3.8) is 0 Å². The van der Waals surface area contributed by atoms with Gasteiger partial charge in [-0.2, -0.15) is 0 Å². The Morgan fingerprint density at radius 1 is 1.33 bits per heavy atom. The second-order valence-electron chi connectivity index (χ2n) is 3.12. The zero-order chi connectivity index (χ0) is 8.60. The molecule has 0 saturated carbocycles. The molecule has 0 fully saturated rings. The molecular weight excluding hydrogens is 150 g/mol. The molecule has 12 heavy (non-hydrogen) atoms. The predicted octanol–water partition coefficient (Wildman–Crippen LogP) is 1.21. The van der Waals surface area contributed by atoms with Crippen LogP contribution in [0.1, 0.15) is 17.5 Å². The maximum absolute atomic E-state index is 9.75. The van der Waals surface area contributed by atoms with Gasteiger partial charge < -0.3 is 5.11 Å². The molecule has 0 aliphatic heterocycles. The fourth-order valence-corrected chi connectivity index (χ4v) is 1.51. The predicted molar refractivity (Wildman–Crippen MR) is 48.2 cm³/mol. The minimum Gasteiger partial charge on any atom is -0.371 e. The van der Waals surface area contributed by atoms with E-state index in [9.17, 15) is 5.11 Å². The number of aliphatic hydroxyl groups is 1. The molecule has 0 bridgehead atoms. The first-order chi connectivity index (χ1) is 5.70. The summed E-state index contributed by atoms with van der Waals surface area (Å²) in [5.74, 6) is 0. The normalized spacial score (nSPS) is 26.8. The van der Waals surface area contributed by atoms with Crippen LogP contribution >= 0.6 is 0 Å². The van der Waals surface area contributed by atoms with Crippen molar-refractivity contribution in [2.45, 2.75) is 12.1 Å². The van der Waals surface area contributed by atoms with E-state index in [4.69, 9.17) is 5.73 Å². The van der Waals surface area contributed by atoms with Gasteiger partial charge in [-0.3, -0.25) is 5.73 Å². The highest BCUT2D eigenvalue weighted by molar-refractivity contribution is 5.58. The fourth-order valence-electron chi connectivity index (χ4n) is 1.51. The van der Waals surface area contributed by atoms with Crippen molar-refractivity contribution in [3.8, 4) is 0 Å². The number of hydrogen-bond acceptors (Lipinski definition) is 2. The summed E-state index contributed by atoms with van der Waals surface area (Å²) in [5.41, 5.74) is 6.34.